The number of likely N-dealkylation sites (N-methyl/N-ethyl adjacent to an activating group) is 1. The minimum atomic E-state index is -0.656. The first-order valence-corrected chi connectivity index (χ1v) is 8.12. The summed E-state index contributed by atoms with van der Waals surface area (Å²) in [5.74, 6) is -1.05. The van der Waals surface area contributed by atoms with Gasteiger partial charge in [0.1, 0.15) is 24.2 Å². The van der Waals surface area contributed by atoms with Crippen LogP contribution in [0.2, 0.25) is 0 Å². The quantitative estimate of drug-likeness (QED) is 0.421. The molecule has 1 aromatic carbocycles. The van der Waals surface area contributed by atoms with E-state index in [4.69, 9.17) is 9.47 Å². The SMILES string of the molecule is Br.C[N+]1(O)C2CC(OC(=O)C(CO)c3ccccc3)CC1C1OC12.O. The Morgan fingerprint density at radius 3 is 2.36 bits per heavy atom. The summed E-state index contributed by atoms with van der Waals surface area (Å²) >= 11 is 0. The van der Waals surface area contributed by atoms with Gasteiger partial charge in [0.2, 0.25) is 0 Å². The molecule has 0 saturated carbocycles. The summed E-state index contributed by atoms with van der Waals surface area (Å²) in [7, 11) is 1.81. The predicted octanol–water partition coefficient (Wildman–Crippen LogP) is 0.575. The van der Waals surface area contributed by atoms with Gasteiger partial charge in [-0.25, -0.2) is 5.21 Å². The fourth-order valence-corrected chi connectivity index (χ4v) is 4.27. The molecule has 3 aliphatic rings. The summed E-state index contributed by atoms with van der Waals surface area (Å²) in [6.45, 7) is -0.273. The summed E-state index contributed by atoms with van der Waals surface area (Å²) < 4.78 is 11.2. The predicted molar refractivity (Wildman–Crippen MR) is 93.5 cm³/mol. The third-order valence-electron chi connectivity index (χ3n) is 5.62. The molecule has 8 heteroatoms. The molecule has 0 radical (unpaired) electrons. The van der Waals surface area contributed by atoms with Crippen LogP contribution in [-0.2, 0) is 14.3 Å². The number of nitrogens with zero attached hydrogens (tertiary/aromatic N) is 1. The first-order valence-electron chi connectivity index (χ1n) is 8.12. The van der Waals surface area contributed by atoms with Crippen LogP contribution in [0.4, 0.5) is 0 Å². The maximum Gasteiger partial charge on any atom is 0.316 e. The first kappa shape index (κ1) is 20.3. The molecule has 3 fully saturated rings. The summed E-state index contributed by atoms with van der Waals surface area (Å²) in [6.07, 6.45) is 1.18. The van der Waals surface area contributed by atoms with Crippen molar-refractivity contribution in [3.63, 3.8) is 0 Å². The Bertz CT molecular complexity index is 592. The van der Waals surface area contributed by atoms with Gasteiger partial charge < -0.3 is 20.1 Å². The highest BCUT2D eigenvalue weighted by Gasteiger charge is 2.73. The molecule has 140 valence electrons. The van der Waals surface area contributed by atoms with Crippen LogP contribution in [-0.4, -0.2) is 70.5 Å². The zero-order valence-electron chi connectivity index (χ0n) is 13.9. The zero-order valence-corrected chi connectivity index (χ0v) is 15.7. The molecule has 0 aromatic heterocycles. The molecule has 0 spiro atoms. The number of carbonyl (C=O) groups excluding carboxylic acids is 1. The Morgan fingerprint density at radius 1 is 1.28 bits per heavy atom. The summed E-state index contributed by atoms with van der Waals surface area (Å²) in [4.78, 5) is 12.4. The molecule has 5 atom stereocenters. The van der Waals surface area contributed by atoms with E-state index in [0.717, 1.165) is 5.56 Å². The van der Waals surface area contributed by atoms with Crippen molar-refractivity contribution in [3.05, 3.63) is 35.9 Å². The van der Waals surface area contributed by atoms with Crippen molar-refractivity contribution >= 4 is 23.0 Å². The van der Waals surface area contributed by atoms with Gasteiger partial charge in [0.25, 0.3) is 0 Å². The van der Waals surface area contributed by atoms with E-state index in [2.05, 4.69) is 0 Å². The minimum absolute atomic E-state index is 0. The summed E-state index contributed by atoms with van der Waals surface area (Å²) in [5, 5.41) is 20.1. The second-order valence-electron chi connectivity index (χ2n) is 6.97. The standard InChI is InChI=1S/C17H22NO5.BrH.H2O/c1-18(21)13-7-11(8-14(18)16-15(13)23-16)22-17(20)12(9-19)10-5-3-2-4-6-10;;/h2-6,11-16,19,21H,7-9H2,1H3;1H;1H2/q+1;;. The van der Waals surface area contributed by atoms with Crippen molar-refractivity contribution in [2.24, 2.45) is 0 Å². The number of aliphatic hydroxyl groups excluding tert-OH is 1. The molecule has 2 bridgehead atoms. The van der Waals surface area contributed by atoms with Gasteiger partial charge in [-0.1, -0.05) is 30.3 Å². The molecular formula is C17H25BrNO6+. The van der Waals surface area contributed by atoms with Gasteiger partial charge in [0.05, 0.1) is 13.7 Å². The molecule has 25 heavy (non-hydrogen) atoms. The Balaban J connectivity index is 0.00000113. The van der Waals surface area contributed by atoms with Crippen LogP contribution >= 0.6 is 17.0 Å². The number of benzene rings is 1. The number of hydroxylamine groups is 3. The molecule has 0 amide bonds. The van der Waals surface area contributed by atoms with E-state index < -0.39 is 11.9 Å². The van der Waals surface area contributed by atoms with Crippen molar-refractivity contribution in [1.82, 2.24) is 0 Å². The van der Waals surface area contributed by atoms with Crippen molar-refractivity contribution in [2.45, 2.75) is 49.2 Å². The second-order valence-corrected chi connectivity index (χ2v) is 6.97. The Kier molecular flexibility index (Phi) is 5.92. The first-order chi connectivity index (χ1) is 11.0. The van der Waals surface area contributed by atoms with E-state index in [1.165, 1.54) is 0 Å². The van der Waals surface area contributed by atoms with Crippen LogP contribution in [0.1, 0.15) is 24.3 Å². The highest BCUT2D eigenvalue weighted by Crippen LogP contribution is 2.51. The average molecular weight is 419 g/mol. The van der Waals surface area contributed by atoms with Crippen LogP contribution < -0.4 is 0 Å². The molecular weight excluding hydrogens is 394 g/mol. The number of fused-ring (bicyclic) bond motifs is 5. The summed E-state index contributed by atoms with van der Waals surface area (Å²) in [5.41, 5.74) is 0.757. The van der Waals surface area contributed by atoms with Gasteiger partial charge in [-0.15, -0.1) is 17.0 Å². The molecule has 1 aromatic rings. The van der Waals surface area contributed by atoms with Crippen molar-refractivity contribution < 1.29 is 34.7 Å². The van der Waals surface area contributed by atoms with Crippen LogP contribution in [0.3, 0.4) is 0 Å². The van der Waals surface area contributed by atoms with E-state index in [1.54, 1.807) is 0 Å². The number of hydrogen-bond donors (Lipinski definition) is 2. The lowest BCUT2D eigenvalue weighted by Gasteiger charge is -2.41. The maximum absolute atomic E-state index is 12.4. The number of quaternary nitrogens is 1. The molecule has 3 saturated heterocycles. The van der Waals surface area contributed by atoms with E-state index in [1.807, 2.05) is 37.4 Å². The van der Waals surface area contributed by atoms with Crippen LogP contribution in [0.25, 0.3) is 0 Å². The van der Waals surface area contributed by atoms with Crippen molar-refractivity contribution in [2.75, 3.05) is 13.7 Å². The van der Waals surface area contributed by atoms with Gasteiger partial charge in [-0.2, -0.15) is 4.65 Å². The number of esters is 1. The molecule has 4 N–H and O–H groups in total. The van der Waals surface area contributed by atoms with E-state index in [-0.39, 0.29) is 64.1 Å². The zero-order chi connectivity index (χ0) is 16.2. The van der Waals surface area contributed by atoms with Crippen LogP contribution in [0, 0.1) is 0 Å². The lowest BCUT2D eigenvalue weighted by atomic mass is 9.97. The lowest BCUT2D eigenvalue weighted by Crippen LogP contribution is -2.60. The fraction of sp³-hybridized carbons (Fsp3) is 0.588. The normalized spacial score (nSPS) is 38.6. The van der Waals surface area contributed by atoms with E-state index in [0.29, 0.717) is 12.8 Å². The number of epoxide rings is 1. The molecule has 3 aliphatic heterocycles. The Morgan fingerprint density at radius 2 is 1.84 bits per heavy atom. The number of carbonyl (C=O) groups is 1. The Labute approximate surface area is 156 Å². The number of aliphatic hydroxyl groups is 1. The Hall–Kier alpha value is -1.03. The third-order valence-corrected chi connectivity index (χ3v) is 5.62. The molecule has 0 aliphatic carbocycles. The molecule has 7 nitrogen and oxygen atoms in total. The monoisotopic (exact) mass is 418 g/mol. The lowest BCUT2D eigenvalue weighted by molar-refractivity contribution is -1.12. The maximum atomic E-state index is 12.4. The van der Waals surface area contributed by atoms with Crippen molar-refractivity contribution in [1.29, 1.82) is 0 Å². The van der Waals surface area contributed by atoms with Crippen LogP contribution in [0.15, 0.2) is 30.3 Å². The highest BCUT2D eigenvalue weighted by molar-refractivity contribution is 8.93. The van der Waals surface area contributed by atoms with Crippen LogP contribution in [0.5, 0.6) is 0 Å². The minimum Gasteiger partial charge on any atom is -0.461 e. The smallest absolute Gasteiger partial charge is 0.316 e. The van der Waals surface area contributed by atoms with Crippen molar-refractivity contribution in [3.8, 4) is 0 Å². The molecule has 3 heterocycles. The summed E-state index contributed by atoms with van der Waals surface area (Å²) in [6, 6.07) is 9.13. The van der Waals surface area contributed by atoms with Gasteiger partial charge in [-0.3, -0.25) is 4.79 Å². The number of ether oxygens (including phenoxy) is 2. The van der Waals surface area contributed by atoms with E-state index in [9.17, 15) is 15.1 Å². The molecule has 4 rings (SSSR count). The number of hydrogen-bond acceptors (Lipinski definition) is 5. The van der Waals surface area contributed by atoms with Gasteiger partial charge >= 0.3 is 5.97 Å². The van der Waals surface area contributed by atoms with E-state index >= 15 is 0 Å². The number of piperidine rings is 1. The van der Waals surface area contributed by atoms with Gasteiger partial charge in [0, 0.05) is 12.8 Å². The molecule has 5 unspecified atom stereocenters. The number of rotatable bonds is 4. The number of morpholine rings is 1. The largest absolute Gasteiger partial charge is 0.461 e. The number of halogens is 1. The van der Waals surface area contributed by atoms with Gasteiger partial charge in [0.15, 0.2) is 12.1 Å². The third kappa shape index (κ3) is 3.34. The fourth-order valence-electron chi connectivity index (χ4n) is 4.27. The second kappa shape index (κ2) is 7.30. The van der Waals surface area contributed by atoms with Gasteiger partial charge in [-0.05, 0) is 5.56 Å². The topological polar surface area (TPSA) is 111 Å². The highest BCUT2D eigenvalue weighted by atomic mass is 79.9. The average Bonchev–Trinajstić information content (AvgIpc) is 3.27.